The zero-order valence-corrected chi connectivity index (χ0v) is 6.88. The summed E-state index contributed by atoms with van der Waals surface area (Å²) in [6.45, 7) is 0.317. The quantitative estimate of drug-likeness (QED) is 0.629. The Morgan fingerprint density at radius 2 is 2.10 bits per heavy atom. The monoisotopic (exact) mass is 143 g/mol. The number of hydrogen-bond acceptors (Lipinski definition) is 2. The Morgan fingerprint density at radius 1 is 1.50 bits per heavy atom. The molecular formula is C8H17NO. The molecule has 0 bridgehead atoms. The van der Waals surface area contributed by atoms with Crippen molar-refractivity contribution in [2.24, 2.45) is 5.92 Å². The molecule has 1 N–H and O–H groups in total. The van der Waals surface area contributed by atoms with Gasteiger partial charge in [0.2, 0.25) is 0 Å². The number of aliphatic hydroxyl groups excluding tert-OH is 1. The van der Waals surface area contributed by atoms with Crippen LogP contribution in [0.25, 0.3) is 0 Å². The van der Waals surface area contributed by atoms with E-state index in [0.29, 0.717) is 12.6 Å². The lowest BCUT2D eigenvalue weighted by atomic mass is 9.79. The predicted octanol–water partition coefficient (Wildman–Crippen LogP) is 0.709. The molecule has 10 heavy (non-hydrogen) atoms. The highest BCUT2D eigenvalue weighted by molar-refractivity contribution is 4.81. The SMILES string of the molecule is CN(C)C(CO)C1CCC1. The Hall–Kier alpha value is -0.0800. The van der Waals surface area contributed by atoms with E-state index in [1.165, 1.54) is 19.3 Å². The fourth-order valence-corrected chi connectivity index (χ4v) is 1.56. The molecule has 1 rings (SSSR count). The molecule has 0 aromatic rings. The van der Waals surface area contributed by atoms with Crippen molar-refractivity contribution in [2.45, 2.75) is 25.3 Å². The molecule has 0 heterocycles. The van der Waals surface area contributed by atoms with Gasteiger partial charge in [-0.2, -0.15) is 0 Å². The number of aliphatic hydroxyl groups is 1. The van der Waals surface area contributed by atoms with Crippen LogP contribution in [0.1, 0.15) is 19.3 Å². The van der Waals surface area contributed by atoms with Crippen molar-refractivity contribution in [3.63, 3.8) is 0 Å². The van der Waals surface area contributed by atoms with Gasteiger partial charge in [0.05, 0.1) is 6.61 Å². The molecular weight excluding hydrogens is 126 g/mol. The van der Waals surface area contributed by atoms with Crippen LogP contribution < -0.4 is 0 Å². The van der Waals surface area contributed by atoms with Crippen LogP contribution in [0.3, 0.4) is 0 Å². The van der Waals surface area contributed by atoms with Crippen LogP contribution in [0.4, 0.5) is 0 Å². The fourth-order valence-electron chi connectivity index (χ4n) is 1.56. The highest BCUT2D eigenvalue weighted by atomic mass is 16.3. The average Bonchev–Trinajstić information content (AvgIpc) is 1.76. The lowest BCUT2D eigenvalue weighted by Crippen LogP contribution is -2.41. The normalized spacial score (nSPS) is 22.8. The van der Waals surface area contributed by atoms with Crippen molar-refractivity contribution >= 4 is 0 Å². The lowest BCUT2D eigenvalue weighted by molar-refractivity contribution is 0.0813. The first kappa shape index (κ1) is 8.02. The second kappa shape index (κ2) is 3.35. The van der Waals surface area contributed by atoms with Crippen LogP contribution in [0.2, 0.25) is 0 Å². The molecule has 0 aromatic heterocycles. The molecule has 1 unspecified atom stereocenters. The molecule has 0 saturated heterocycles. The summed E-state index contributed by atoms with van der Waals surface area (Å²) in [5.41, 5.74) is 0. The van der Waals surface area contributed by atoms with Gasteiger partial charge in [0.1, 0.15) is 0 Å². The first-order valence-corrected chi connectivity index (χ1v) is 4.03. The van der Waals surface area contributed by atoms with Gasteiger partial charge < -0.3 is 10.0 Å². The third kappa shape index (κ3) is 1.50. The molecule has 60 valence electrons. The minimum Gasteiger partial charge on any atom is -0.395 e. The van der Waals surface area contributed by atoms with E-state index in [-0.39, 0.29) is 0 Å². The number of likely N-dealkylation sites (N-methyl/N-ethyl adjacent to an activating group) is 1. The van der Waals surface area contributed by atoms with Crippen LogP contribution in [0.5, 0.6) is 0 Å². The fraction of sp³-hybridized carbons (Fsp3) is 1.00. The van der Waals surface area contributed by atoms with E-state index in [4.69, 9.17) is 5.11 Å². The maximum atomic E-state index is 8.99. The largest absolute Gasteiger partial charge is 0.395 e. The van der Waals surface area contributed by atoms with Gasteiger partial charge in [-0.25, -0.2) is 0 Å². The third-order valence-corrected chi connectivity index (χ3v) is 2.54. The Bertz CT molecular complexity index is 99.4. The van der Waals surface area contributed by atoms with Gasteiger partial charge in [-0.3, -0.25) is 0 Å². The van der Waals surface area contributed by atoms with E-state index in [1.54, 1.807) is 0 Å². The molecule has 1 aliphatic rings. The van der Waals surface area contributed by atoms with E-state index in [2.05, 4.69) is 4.90 Å². The Balaban J connectivity index is 2.31. The first-order valence-electron chi connectivity index (χ1n) is 4.03. The predicted molar refractivity (Wildman–Crippen MR) is 41.9 cm³/mol. The van der Waals surface area contributed by atoms with Crippen molar-refractivity contribution in [3.05, 3.63) is 0 Å². The summed E-state index contributed by atoms with van der Waals surface area (Å²) in [4.78, 5) is 2.13. The van der Waals surface area contributed by atoms with Gasteiger partial charge in [0.15, 0.2) is 0 Å². The van der Waals surface area contributed by atoms with Gasteiger partial charge in [0, 0.05) is 6.04 Å². The molecule has 1 fully saturated rings. The van der Waals surface area contributed by atoms with Crippen molar-refractivity contribution in [1.29, 1.82) is 0 Å². The van der Waals surface area contributed by atoms with Crippen LogP contribution in [-0.2, 0) is 0 Å². The molecule has 0 spiro atoms. The standard InChI is InChI=1S/C8H17NO/c1-9(2)8(6-10)7-4-3-5-7/h7-8,10H,3-6H2,1-2H3. The third-order valence-electron chi connectivity index (χ3n) is 2.54. The number of rotatable bonds is 3. The van der Waals surface area contributed by atoms with Crippen molar-refractivity contribution in [3.8, 4) is 0 Å². The molecule has 2 heteroatoms. The van der Waals surface area contributed by atoms with Crippen molar-refractivity contribution in [2.75, 3.05) is 20.7 Å². The van der Waals surface area contributed by atoms with E-state index in [9.17, 15) is 0 Å². The molecule has 1 aliphatic carbocycles. The maximum absolute atomic E-state index is 8.99. The molecule has 1 saturated carbocycles. The first-order chi connectivity index (χ1) is 4.75. The lowest BCUT2D eigenvalue weighted by Gasteiger charge is -2.36. The summed E-state index contributed by atoms with van der Waals surface area (Å²) in [5.74, 6) is 0.764. The highest BCUT2D eigenvalue weighted by Crippen LogP contribution is 2.30. The van der Waals surface area contributed by atoms with E-state index < -0.39 is 0 Å². The second-order valence-corrected chi connectivity index (χ2v) is 3.40. The van der Waals surface area contributed by atoms with Gasteiger partial charge in [0.25, 0.3) is 0 Å². The molecule has 1 atom stereocenters. The van der Waals surface area contributed by atoms with E-state index in [1.807, 2.05) is 14.1 Å². The number of hydrogen-bond donors (Lipinski definition) is 1. The second-order valence-electron chi connectivity index (χ2n) is 3.40. The zero-order chi connectivity index (χ0) is 7.56. The molecule has 0 radical (unpaired) electrons. The summed E-state index contributed by atoms with van der Waals surface area (Å²) in [5, 5.41) is 8.99. The van der Waals surface area contributed by atoms with E-state index in [0.717, 1.165) is 5.92 Å². The van der Waals surface area contributed by atoms with Crippen LogP contribution >= 0.6 is 0 Å². The summed E-state index contributed by atoms with van der Waals surface area (Å²) < 4.78 is 0. The average molecular weight is 143 g/mol. The molecule has 2 nitrogen and oxygen atoms in total. The smallest absolute Gasteiger partial charge is 0.0589 e. The van der Waals surface area contributed by atoms with Crippen LogP contribution in [0, 0.1) is 5.92 Å². The molecule has 0 amide bonds. The summed E-state index contributed by atoms with van der Waals surface area (Å²) in [7, 11) is 4.08. The van der Waals surface area contributed by atoms with Gasteiger partial charge in [-0.05, 0) is 32.9 Å². The minimum absolute atomic E-state index is 0.317. The van der Waals surface area contributed by atoms with Crippen LogP contribution in [0.15, 0.2) is 0 Å². The van der Waals surface area contributed by atoms with Crippen molar-refractivity contribution in [1.82, 2.24) is 4.90 Å². The highest BCUT2D eigenvalue weighted by Gasteiger charge is 2.27. The summed E-state index contributed by atoms with van der Waals surface area (Å²) in [6, 6.07) is 0.411. The van der Waals surface area contributed by atoms with E-state index >= 15 is 0 Å². The minimum atomic E-state index is 0.317. The number of nitrogens with zero attached hydrogens (tertiary/aromatic N) is 1. The zero-order valence-electron chi connectivity index (χ0n) is 6.88. The molecule has 0 aliphatic heterocycles. The topological polar surface area (TPSA) is 23.5 Å². The Labute approximate surface area is 62.8 Å². The molecule has 0 aromatic carbocycles. The van der Waals surface area contributed by atoms with Gasteiger partial charge in [-0.1, -0.05) is 6.42 Å². The Morgan fingerprint density at radius 3 is 2.20 bits per heavy atom. The summed E-state index contributed by atoms with van der Waals surface area (Å²) >= 11 is 0. The summed E-state index contributed by atoms with van der Waals surface area (Å²) in [6.07, 6.45) is 3.97. The van der Waals surface area contributed by atoms with Crippen molar-refractivity contribution < 1.29 is 5.11 Å². The van der Waals surface area contributed by atoms with Gasteiger partial charge in [-0.15, -0.1) is 0 Å². The van der Waals surface area contributed by atoms with Gasteiger partial charge >= 0.3 is 0 Å². The maximum Gasteiger partial charge on any atom is 0.0589 e. The van der Waals surface area contributed by atoms with Crippen LogP contribution in [-0.4, -0.2) is 36.8 Å². The Kier molecular flexibility index (Phi) is 2.69.